The summed E-state index contributed by atoms with van der Waals surface area (Å²) in [6, 6.07) is 16.9. The summed E-state index contributed by atoms with van der Waals surface area (Å²) >= 11 is 0. The lowest BCUT2D eigenvalue weighted by atomic mass is 10.1. The van der Waals surface area contributed by atoms with Gasteiger partial charge in [0.15, 0.2) is 0 Å². The van der Waals surface area contributed by atoms with Gasteiger partial charge in [-0.2, -0.15) is 0 Å². The van der Waals surface area contributed by atoms with E-state index in [1.807, 2.05) is 56.3 Å². The smallest absolute Gasteiger partial charge is 0.240 e. The van der Waals surface area contributed by atoms with Gasteiger partial charge in [-0.3, -0.25) is 0 Å². The van der Waals surface area contributed by atoms with Crippen molar-refractivity contribution >= 4 is 22.4 Å². The maximum absolute atomic E-state index is 12.2. The Bertz CT molecular complexity index is 688. The van der Waals surface area contributed by atoms with Crippen LogP contribution < -0.4 is 10.0 Å². The van der Waals surface area contributed by atoms with E-state index < -0.39 is 10.0 Å². The highest BCUT2D eigenvalue weighted by molar-refractivity contribution is 7.89. The second-order valence-corrected chi connectivity index (χ2v) is 6.97. The van der Waals surface area contributed by atoms with Gasteiger partial charge in [0.1, 0.15) is 0 Å². The molecule has 0 saturated heterocycles. The zero-order valence-electron chi connectivity index (χ0n) is 13.3. The van der Waals surface area contributed by atoms with E-state index in [0.717, 1.165) is 17.7 Å². The first-order valence-corrected chi connectivity index (χ1v) is 8.90. The van der Waals surface area contributed by atoms with Crippen molar-refractivity contribution in [3.05, 3.63) is 54.6 Å². The van der Waals surface area contributed by atoms with Crippen LogP contribution >= 0.6 is 12.4 Å². The zero-order valence-corrected chi connectivity index (χ0v) is 15.0. The minimum atomic E-state index is -3.46. The Morgan fingerprint density at radius 1 is 0.957 bits per heavy atom. The third kappa shape index (κ3) is 5.62. The molecule has 0 aliphatic heterocycles. The molecule has 0 spiro atoms. The van der Waals surface area contributed by atoms with Crippen molar-refractivity contribution < 1.29 is 8.42 Å². The SMILES string of the molecule is CCN[C@H](C)CNS(=O)(=O)c1ccc(-c2ccccc2)cc1.Cl. The molecular formula is C17H23ClN2O2S. The van der Waals surface area contributed by atoms with Gasteiger partial charge in [0.2, 0.25) is 10.0 Å². The molecule has 0 bridgehead atoms. The largest absolute Gasteiger partial charge is 0.313 e. The van der Waals surface area contributed by atoms with E-state index >= 15 is 0 Å². The molecule has 2 rings (SSSR count). The van der Waals surface area contributed by atoms with Crippen LogP contribution in [0, 0.1) is 0 Å². The highest BCUT2D eigenvalue weighted by Crippen LogP contribution is 2.20. The Hall–Kier alpha value is -1.40. The van der Waals surface area contributed by atoms with Crippen molar-refractivity contribution in [2.24, 2.45) is 0 Å². The molecule has 0 unspecified atom stereocenters. The van der Waals surface area contributed by atoms with Crippen LogP contribution in [0.25, 0.3) is 11.1 Å². The molecule has 2 aromatic rings. The number of hydrogen-bond donors (Lipinski definition) is 2. The van der Waals surface area contributed by atoms with E-state index in [-0.39, 0.29) is 23.3 Å². The molecule has 0 fully saturated rings. The van der Waals surface area contributed by atoms with E-state index in [0.29, 0.717) is 6.54 Å². The highest BCUT2D eigenvalue weighted by Gasteiger charge is 2.14. The molecule has 1 atom stereocenters. The fourth-order valence-electron chi connectivity index (χ4n) is 2.20. The molecule has 0 heterocycles. The predicted octanol–water partition coefficient (Wildman–Crippen LogP) is 3.05. The summed E-state index contributed by atoms with van der Waals surface area (Å²) in [4.78, 5) is 0.288. The second-order valence-electron chi connectivity index (χ2n) is 5.20. The van der Waals surface area contributed by atoms with Crippen molar-refractivity contribution in [3.8, 4) is 11.1 Å². The van der Waals surface area contributed by atoms with Crippen molar-refractivity contribution in [1.82, 2.24) is 10.0 Å². The van der Waals surface area contributed by atoms with Gasteiger partial charge in [-0.05, 0) is 36.7 Å². The van der Waals surface area contributed by atoms with E-state index in [1.54, 1.807) is 12.1 Å². The molecule has 0 aliphatic rings. The van der Waals surface area contributed by atoms with Crippen molar-refractivity contribution in [2.75, 3.05) is 13.1 Å². The summed E-state index contributed by atoms with van der Waals surface area (Å²) in [5.74, 6) is 0. The summed E-state index contributed by atoms with van der Waals surface area (Å²) in [5, 5.41) is 3.17. The standard InChI is InChI=1S/C17H22N2O2S.ClH/c1-3-18-14(2)13-19-22(20,21)17-11-9-16(10-12-17)15-7-5-4-6-8-15;/h4-12,14,18-19H,3,13H2,1-2H3;1H/t14-;/m1./s1. The number of nitrogens with one attached hydrogen (secondary N) is 2. The molecule has 0 radical (unpaired) electrons. The average molecular weight is 355 g/mol. The molecule has 0 aliphatic carbocycles. The molecule has 0 aromatic heterocycles. The number of likely N-dealkylation sites (N-methyl/N-ethyl adjacent to an activating group) is 1. The molecule has 4 nitrogen and oxygen atoms in total. The highest BCUT2D eigenvalue weighted by atomic mass is 35.5. The van der Waals surface area contributed by atoms with Crippen LogP contribution in [0.4, 0.5) is 0 Å². The summed E-state index contributed by atoms with van der Waals surface area (Å²) in [5.41, 5.74) is 2.07. The van der Waals surface area contributed by atoms with Crippen LogP contribution in [0.5, 0.6) is 0 Å². The molecule has 126 valence electrons. The summed E-state index contributed by atoms with van der Waals surface area (Å²) in [6.45, 7) is 5.13. The Kier molecular flexibility index (Phi) is 7.72. The fourth-order valence-corrected chi connectivity index (χ4v) is 3.33. The van der Waals surface area contributed by atoms with E-state index in [1.165, 1.54) is 0 Å². The van der Waals surface area contributed by atoms with Gasteiger partial charge >= 0.3 is 0 Å². The van der Waals surface area contributed by atoms with Crippen LogP contribution in [0.2, 0.25) is 0 Å². The second kappa shape index (κ2) is 9.03. The van der Waals surface area contributed by atoms with Crippen molar-refractivity contribution in [3.63, 3.8) is 0 Å². The maximum atomic E-state index is 12.2. The minimum absolute atomic E-state index is 0. The lowest BCUT2D eigenvalue weighted by Crippen LogP contribution is -2.38. The predicted molar refractivity (Wildman–Crippen MR) is 97.5 cm³/mol. The number of benzene rings is 2. The number of halogens is 1. The van der Waals surface area contributed by atoms with Crippen molar-refractivity contribution in [1.29, 1.82) is 0 Å². The van der Waals surface area contributed by atoms with Crippen LogP contribution in [-0.2, 0) is 10.0 Å². The summed E-state index contributed by atoms with van der Waals surface area (Å²) < 4.78 is 27.1. The third-order valence-corrected chi connectivity index (χ3v) is 4.84. The first-order valence-electron chi connectivity index (χ1n) is 7.41. The Morgan fingerprint density at radius 3 is 2.09 bits per heavy atom. The average Bonchev–Trinajstić information content (AvgIpc) is 2.54. The molecule has 23 heavy (non-hydrogen) atoms. The molecule has 0 amide bonds. The van der Waals surface area contributed by atoms with Gasteiger partial charge < -0.3 is 5.32 Å². The molecule has 2 N–H and O–H groups in total. The van der Waals surface area contributed by atoms with Gasteiger partial charge in [-0.15, -0.1) is 12.4 Å². The van der Waals surface area contributed by atoms with E-state index in [4.69, 9.17) is 0 Å². The molecule has 2 aromatic carbocycles. The minimum Gasteiger partial charge on any atom is -0.313 e. The quantitative estimate of drug-likeness (QED) is 0.803. The third-order valence-electron chi connectivity index (χ3n) is 3.40. The molecular weight excluding hydrogens is 332 g/mol. The van der Waals surface area contributed by atoms with Crippen LogP contribution in [0.15, 0.2) is 59.5 Å². The van der Waals surface area contributed by atoms with Crippen LogP contribution in [0.1, 0.15) is 13.8 Å². The van der Waals surface area contributed by atoms with Gasteiger partial charge in [-0.25, -0.2) is 13.1 Å². The summed E-state index contributed by atoms with van der Waals surface area (Å²) in [7, 11) is -3.46. The van der Waals surface area contributed by atoms with Crippen LogP contribution in [-0.4, -0.2) is 27.5 Å². The summed E-state index contributed by atoms with van der Waals surface area (Å²) in [6.07, 6.45) is 0. The van der Waals surface area contributed by atoms with Crippen molar-refractivity contribution in [2.45, 2.75) is 24.8 Å². The number of hydrogen-bond acceptors (Lipinski definition) is 3. The topological polar surface area (TPSA) is 58.2 Å². The monoisotopic (exact) mass is 354 g/mol. The lowest BCUT2D eigenvalue weighted by molar-refractivity contribution is 0.536. The Labute approximate surface area is 144 Å². The molecule has 0 saturated carbocycles. The molecule has 6 heteroatoms. The number of rotatable bonds is 7. The van der Waals surface area contributed by atoms with E-state index in [9.17, 15) is 8.42 Å². The van der Waals surface area contributed by atoms with Crippen LogP contribution in [0.3, 0.4) is 0 Å². The Balaban J connectivity index is 0.00000264. The number of sulfonamides is 1. The maximum Gasteiger partial charge on any atom is 0.240 e. The normalized spacial score (nSPS) is 12.4. The lowest BCUT2D eigenvalue weighted by Gasteiger charge is -2.13. The Morgan fingerprint density at radius 2 is 1.52 bits per heavy atom. The van der Waals surface area contributed by atoms with Gasteiger partial charge in [0.25, 0.3) is 0 Å². The zero-order chi connectivity index (χ0) is 16.0. The first-order chi connectivity index (χ1) is 10.5. The van der Waals surface area contributed by atoms with Gasteiger partial charge in [0, 0.05) is 12.6 Å². The van der Waals surface area contributed by atoms with E-state index in [2.05, 4.69) is 10.0 Å². The van der Waals surface area contributed by atoms with Gasteiger partial charge in [0.05, 0.1) is 4.90 Å². The van der Waals surface area contributed by atoms with Gasteiger partial charge in [-0.1, -0.05) is 49.4 Å². The fraction of sp³-hybridized carbons (Fsp3) is 0.294. The first kappa shape index (κ1) is 19.6.